The molecule has 0 saturated carbocycles. The lowest BCUT2D eigenvalue weighted by Crippen LogP contribution is -2.27. The standard InChI is InChI=1S/C38H40BN/c1-7-12-29(8-2)31-15-21-34(22-16-31)40(35-23-17-32(18-24-35)30-13-10-9-11-14-30)36-25-19-33(20-26-36)39-27-37(3,4)38(5,6)28-39/h7-26H,1-2,27-28H2,3-6H3/b29-12+. The van der Waals surface area contributed by atoms with Crippen molar-refractivity contribution in [3.8, 4) is 11.1 Å². The maximum Gasteiger partial charge on any atom is 0.176 e. The summed E-state index contributed by atoms with van der Waals surface area (Å²) in [5.41, 5.74) is 10.2. The number of benzene rings is 4. The Hall–Kier alpha value is -4.04. The van der Waals surface area contributed by atoms with Gasteiger partial charge in [0.1, 0.15) is 0 Å². The summed E-state index contributed by atoms with van der Waals surface area (Å²) in [7, 11) is 0. The van der Waals surface area contributed by atoms with Gasteiger partial charge < -0.3 is 4.90 Å². The van der Waals surface area contributed by atoms with E-state index in [1.54, 1.807) is 6.08 Å². The lowest BCUT2D eigenvalue weighted by atomic mass is 9.42. The summed E-state index contributed by atoms with van der Waals surface area (Å²) in [5.74, 6) is 0. The zero-order valence-corrected chi connectivity index (χ0v) is 24.4. The molecule has 0 spiro atoms. The Morgan fingerprint density at radius 1 is 0.650 bits per heavy atom. The molecule has 1 heterocycles. The van der Waals surface area contributed by atoms with Gasteiger partial charge >= 0.3 is 0 Å². The number of hydrogen-bond donors (Lipinski definition) is 0. The molecule has 1 aliphatic heterocycles. The molecule has 0 bridgehead atoms. The molecule has 0 N–H and O–H groups in total. The Bertz CT molecular complexity index is 1480. The Kier molecular flexibility index (Phi) is 7.72. The van der Waals surface area contributed by atoms with Gasteiger partial charge in [0.05, 0.1) is 0 Å². The van der Waals surface area contributed by atoms with Crippen molar-refractivity contribution in [2.45, 2.75) is 40.3 Å². The van der Waals surface area contributed by atoms with E-state index in [1.165, 1.54) is 29.2 Å². The summed E-state index contributed by atoms with van der Waals surface area (Å²) in [5, 5.41) is 0. The summed E-state index contributed by atoms with van der Waals surface area (Å²) in [6, 6.07) is 37.4. The van der Waals surface area contributed by atoms with Crippen LogP contribution >= 0.6 is 0 Å². The van der Waals surface area contributed by atoms with Crippen molar-refractivity contribution in [2.75, 3.05) is 4.90 Å². The number of anilines is 3. The second-order valence-corrected chi connectivity index (χ2v) is 12.3. The first kappa shape index (κ1) is 27.5. The Labute approximate surface area is 241 Å². The normalized spacial score (nSPS) is 16.0. The zero-order valence-electron chi connectivity index (χ0n) is 24.4. The molecule has 1 saturated heterocycles. The van der Waals surface area contributed by atoms with Crippen LogP contribution in [0.5, 0.6) is 0 Å². The molecule has 5 rings (SSSR count). The monoisotopic (exact) mass is 521 g/mol. The van der Waals surface area contributed by atoms with Gasteiger partial charge in [-0.05, 0) is 69.5 Å². The number of nitrogens with zero attached hydrogens (tertiary/aromatic N) is 1. The molecule has 1 fully saturated rings. The molecule has 1 nitrogen and oxygen atoms in total. The summed E-state index contributed by atoms with van der Waals surface area (Å²) >= 11 is 0. The number of allylic oxidation sites excluding steroid dienone is 4. The first-order valence-corrected chi connectivity index (χ1v) is 14.3. The van der Waals surface area contributed by atoms with E-state index in [4.69, 9.17) is 0 Å². The quantitative estimate of drug-likeness (QED) is 0.165. The smallest absolute Gasteiger partial charge is 0.176 e. The minimum atomic E-state index is 0.342. The third-order valence-corrected chi connectivity index (χ3v) is 9.18. The molecule has 40 heavy (non-hydrogen) atoms. The highest BCUT2D eigenvalue weighted by atomic mass is 15.1. The van der Waals surface area contributed by atoms with E-state index >= 15 is 0 Å². The third-order valence-electron chi connectivity index (χ3n) is 9.18. The SMILES string of the molecule is C=C/C=C(\C=C)c1ccc(N(c2ccc(B3CC(C)(C)C(C)(C)C3)cc2)c2ccc(-c3ccccc3)cc2)cc1. The van der Waals surface area contributed by atoms with E-state index in [-0.39, 0.29) is 0 Å². The molecule has 0 amide bonds. The molecule has 0 aromatic heterocycles. The summed E-state index contributed by atoms with van der Waals surface area (Å²) in [4.78, 5) is 2.34. The number of rotatable bonds is 8. The Morgan fingerprint density at radius 3 is 1.62 bits per heavy atom. The highest BCUT2D eigenvalue weighted by Gasteiger charge is 2.47. The molecule has 4 aromatic rings. The summed E-state index contributed by atoms with van der Waals surface area (Å²) in [6.45, 7) is 18.1. The minimum absolute atomic E-state index is 0.342. The van der Waals surface area contributed by atoms with Crippen molar-refractivity contribution in [3.63, 3.8) is 0 Å². The van der Waals surface area contributed by atoms with Gasteiger partial charge in [0.2, 0.25) is 0 Å². The van der Waals surface area contributed by atoms with Crippen LogP contribution in [0.3, 0.4) is 0 Å². The van der Waals surface area contributed by atoms with E-state index < -0.39 is 0 Å². The molecule has 4 aromatic carbocycles. The van der Waals surface area contributed by atoms with Crippen molar-refractivity contribution in [1.82, 2.24) is 0 Å². The van der Waals surface area contributed by atoms with Crippen LogP contribution in [0.1, 0.15) is 33.3 Å². The van der Waals surface area contributed by atoms with Crippen molar-refractivity contribution in [3.05, 3.63) is 140 Å². The molecule has 1 aliphatic rings. The topological polar surface area (TPSA) is 3.24 Å². The average molecular weight is 522 g/mol. The van der Waals surface area contributed by atoms with Crippen LogP contribution in [0, 0.1) is 10.8 Å². The first-order valence-electron chi connectivity index (χ1n) is 14.3. The van der Waals surface area contributed by atoms with Crippen molar-refractivity contribution >= 4 is 34.8 Å². The summed E-state index contributed by atoms with van der Waals surface area (Å²) < 4.78 is 0. The average Bonchev–Trinajstić information content (AvgIpc) is 3.20. The van der Waals surface area contributed by atoms with Crippen LogP contribution in [0.15, 0.2) is 135 Å². The molecule has 0 aliphatic carbocycles. The van der Waals surface area contributed by atoms with Crippen LogP contribution in [-0.2, 0) is 0 Å². The number of hydrogen-bond acceptors (Lipinski definition) is 1. The van der Waals surface area contributed by atoms with E-state index in [0.717, 1.165) is 28.2 Å². The fourth-order valence-electron chi connectivity index (χ4n) is 6.08. The van der Waals surface area contributed by atoms with E-state index in [1.807, 2.05) is 12.2 Å². The molecule has 0 unspecified atom stereocenters. The molecular weight excluding hydrogens is 481 g/mol. The van der Waals surface area contributed by atoms with E-state index in [9.17, 15) is 0 Å². The van der Waals surface area contributed by atoms with Gasteiger partial charge in [-0.3, -0.25) is 0 Å². The highest BCUT2D eigenvalue weighted by molar-refractivity contribution is 6.74. The summed E-state index contributed by atoms with van der Waals surface area (Å²) in [6.07, 6.45) is 8.14. The van der Waals surface area contributed by atoms with Gasteiger partial charge in [-0.15, -0.1) is 0 Å². The van der Waals surface area contributed by atoms with Gasteiger partial charge in [0.15, 0.2) is 6.71 Å². The predicted molar refractivity (Wildman–Crippen MR) is 177 cm³/mol. The minimum Gasteiger partial charge on any atom is -0.311 e. The van der Waals surface area contributed by atoms with Crippen LogP contribution in [0.2, 0.25) is 12.6 Å². The van der Waals surface area contributed by atoms with Crippen molar-refractivity contribution in [1.29, 1.82) is 0 Å². The van der Waals surface area contributed by atoms with Gasteiger partial charge in [-0.1, -0.05) is 144 Å². The van der Waals surface area contributed by atoms with Crippen molar-refractivity contribution < 1.29 is 0 Å². The Balaban J connectivity index is 1.51. The lowest BCUT2D eigenvalue weighted by molar-refractivity contribution is 0.177. The molecule has 200 valence electrons. The van der Waals surface area contributed by atoms with Gasteiger partial charge in [-0.2, -0.15) is 0 Å². The third kappa shape index (κ3) is 5.49. The molecule has 0 atom stereocenters. The van der Waals surface area contributed by atoms with Crippen LogP contribution in [0.4, 0.5) is 17.1 Å². The van der Waals surface area contributed by atoms with Gasteiger partial charge in [0, 0.05) is 17.1 Å². The van der Waals surface area contributed by atoms with Crippen molar-refractivity contribution in [2.24, 2.45) is 10.8 Å². The van der Waals surface area contributed by atoms with E-state index in [0.29, 0.717) is 17.5 Å². The predicted octanol–water partition coefficient (Wildman–Crippen LogP) is 10.3. The van der Waals surface area contributed by atoms with Crippen LogP contribution < -0.4 is 10.4 Å². The maximum absolute atomic E-state index is 3.97. The Morgan fingerprint density at radius 2 is 1.12 bits per heavy atom. The van der Waals surface area contributed by atoms with E-state index in [2.05, 4.69) is 149 Å². The second kappa shape index (κ2) is 11.2. The van der Waals surface area contributed by atoms with Crippen LogP contribution in [0.25, 0.3) is 16.7 Å². The maximum atomic E-state index is 3.97. The van der Waals surface area contributed by atoms with Gasteiger partial charge in [0.25, 0.3) is 0 Å². The largest absolute Gasteiger partial charge is 0.311 e. The molecular formula is C38H40BN. The first-order chi connectivity index (χ1) is 19.2. The zero-order chi connectivity index (χ0) is 28.3. The lowest BCUT2D eigenvalue weighted by Gasteiger charge is -2.35. The van der Waals surface area contributed by atoms with Gasteiger partial charge in [-0.25, -0.2) is 0 Å². The fraction of sp³-hybridized carbons (Fsp3) is 0.211. The highest BCUT2D eigenvalue weighted by Crippen LogP contribution is 2.52. The van der Waals surface area contributed by atoms with Crippen LogP contribution in [-0.4, -0.2) is 6.71 Å². The molecule has 2 heteroatoms. The molecule has 0 radical (unpaired) electrons. The fourth-order valence-corrected chi connectivity index (χ4v) is 6.08. The second-order valence-electron chi connectivity index (χ2n) is 12.3.